The number of halogens is 1. The molecule has 0 unspecified atom stereocenters. The Labute approximate surface area is 103 Å². The quantitative estimate of drug-likeness (QED) is 0.648. The van der Waals surface area contributed by atoms with Crippen molar-refractivity contribution in [1.29, 1.82) is 0 Å². The SMILES string of the molecule is C[C@H](I)CNc1ccc(CC(=O)O)cc1. The van der Waals surface area contributed by atoms with Gasteiger partial charge in [-0.25, -0.2) is 0 Å². The summed E-state index contributed by atoms with van der Waals surface area (Å²) in [5.41, 5.74) is 1.86. The number of aliphatic carboxylic acids is 1. The van der Waals surface area contributed by atoms with Gasteiger partial charge in [0.1, 0.15) is 0 Å². The van der Waals surface area contributed by atoms with Crippen LogP contribution in [0, 0.1) is 0 Å². The van der Waals surface area contributed by atoms with Gasteiger partial charge >= 0.3 is 5.97 Å². The predicted molar refractivity (Wildman–Crippen MR) is 69.8 cm³/mol. The molecule has 0 fully saturated rings. The van der Waals surface area contributed by atoms with Gasteiger partial charge in [0.25, 0.3) is 0 Å². The highest BCUT2D eigenvalue weighted by atomic mass is 127. The molecule has 0 saturated carbocycles. The molecule has 1 aromatic rings. The summed E-state index contributed by atoms with van der Waals surface area (Å²) in [7, 11) is 0. The van der Waals surface area contributed by atoms with E-state index in [0.29, 0.717) is 3.92 Å². The molecule has 0 radical (unpaired) electrons. The molecule has 0 heterocycles. The summed E-state index contributed by atoms with van der Waals surface area (Å²) in [6.07, 6.45) is 0.0863. The van der Waals surface area contributed by atoms with Crippen LogP contribution in [0.15, 0.2) is 24.3 Å². The fraction of sp³-hybridized carbons (Fsp3) is 0.364. The van der Waals surface area contributed by atoms with E-state index in [2.05, 4.69) is 34.8 Å². The molecule has 15 heavy (non-hydrogen) atoms. The molecule has 1 rings (SSSR count). The molecule has 82 valence electrons. The lowest BCUT2D eigenvalue weighted by Crippen LogP contribution is -2.09. The number of benzene rings is 1. The Morgan fingerprint density at radius 2 is 2.07 bits per heavy atom. The van der Waals surface area contributed by atoms with E-state index in [1.165, 1.54) is 0 Å². The third kappa shape index (κ3) is 5.01. The second-order valence-electron chi connectivity index (χ2n) is 3.43. The van der Waals surface area contributed by atoms with Crippen molar-refractivity contribution < 1.29 is 9.90 Å². The molecule has 1 aromatic carbocycles. The average molecular weight is 319 g/mol. The minimum atomic E-state index is -0.795. The number of rotatable bonds is 5. The van der Waals surface area contributed by atoms with Crippen molar-refractivity contribution in [2.24, 2.45) is 0 Å². The van der Waals surface area contributed by atoms with Crippen molar-refractivity contribution >= 4 is 34.2 Å². The van der Waals surface area contributed by atoms with Gasteiger partial charge in [0.05, 0.1) is 6.42 Å². The van der Waals surface area contributed by atoms with E-state index in [1.807, 2.05) is 24.3 Å². The highest BCUT2D eigenvalue weighted by Gasteiger charge is 2.00. The van der Waals surface area contributed by atoms with Crippen molar-refractivity contribution in [1.82, 2.24) is 0 Å². The van der Waals surface area contributed by atoms with Crippen LogP contribution >= 0.6 is 22.6 Å². The van der Waals surface area contributed by atoms with Gasteiger partial charge in [-0.3, -0.25) is 4.79 Å². The summed E-state index contributed by atoms with van der Waals surface area (Å²) in [6, 6.07) is 7.51. The third-order valence-electron chi connectivity index (χ3n) is 1.90. The summed E-state index contributed by atoms with van der Waals surface area (Å²) in [5, 5.41) is 11.9. The Bertz CT molecular complexity index is 322. The zero-order valence-electron chi connectivity index (χ0n) is 8.53. The number of anilines is 1. The largest absolute Gasteiger partial charge is 0.481 e. The van der Waals surface area contributed by atoms with Gasteiger partial charge in [0.15, 0.2) is 0 Å². The molecule has 0 saturated heterocycles. The molecule has 4 heteroatoms. The zero-order chi connectivity index (χ0) is 11.3. The minimum Gasteiger partial charge on any atom is -0.481 e. The van der Waals surface area contributed by atoms with E-state index in [4.69, 9.17) is 5.11 Å². The molecule has 0 aliphatic carbocycles. The van der Waals surface area contributed by atoms with Crippen LogP contribution in [0.25, 0.3) is 0 Å². The van der Waals surface area contributed by atoms with Gasteiger partial charge < -0.3 is 10.4 Å². The number of hydrogen-bond donors (Lipinski definition) is 2. The fourth-order valence-electron chi connectivity index (χ4n) is 1.17. The van der Waals surface area contributed by atoms with E-state index < -0.39 is 5.97 Å². The smallest absolute Gasteiger partial charge is 0.307 e. The Kier molecular flexibility index (Phi) is 4.87. The van der Waals surface area contributed by atoms with Crippen molar-refractivity contribution in [2.75, 3.05) is 11.9 Å². The van der Waals surface area contributed by atoms with Gasteiger partial charge in [0.2, 0.25) is 0 Å². The molecule has 0 bridgehead atoms. The van der Waals surface area contributed by atoms with Crippen LogP contribution in [-0.4, -0.2) is 21.5 Å². The Morgan fingerprint density at radius 1 is 1.47 bits per heavy atom. The van der Waals surface area contributed by atoms with Gasteiger partial charge in [-0.2, -0.15) is 0 Å². The number of carbonyl (C=O) groups is 1. The Balaban J connectivity index is 2.52. The summed E-state index contributed by atoms with van der Waals surface area (Å²) in [5.74, 6) is -0.795. The first kappa shape index (κ1) is 12.3. The monoisotopic (exact) mass is 319 g/mol. The molecule has 0 amide bonds. The molecule has 0 spiro atoms. The number of carboxylic acid groups (broad SMARTS) is 1. The van der Waals surface area contributed by atoms with Crippen LogP contribution < -0.4 is 5.32 Å². The second kappa shape index (κ2) is 5.95. The molecule has 0 aromatic heterocycles. The maximum Gasteiger partial charge on any atom is 0.307 e. The van der Waals surface area contributed by atoms with E-state index in [0.717, 1.165) is 17.8 Å². The van der Waals surface area contributed by atoms with Gasteiger partial charge in [0, 0.05) is 16.2 Å². The topological polar surface area (TPSA) is 49.3 Å². The molecular weight excluding hydrogens is 305 g/mol. The van der Waals surface area contributed by atoms with Crippen LogP contribution in [0.4, 0.5) is 5.69 Å². The zero-order valence-corrected chi connectivity index (χ0v) is 10.7. The standard InChI is InChI=1S/C11H14INO2/c1-8(12)7-13-10-4-2-9(3-5-10)6-11(14)15/h2-5,8,13H,6-7H2,1H3,(H,14,15)/t8-/m0/s1. The Hall–Kier alpha value is -0.780. The maximum absolute atomic E-state index is 10.5. The number of alkyl halides is 1. The van der Waals surface area contributed by atoms with Crippen LogP contribution in [0.5, 0.6) is 0 Å². The summed E-state index contributed by atoms with van der Waals surface area (Å²) in [4.78, 5) is 10.5. The van der Waals surface area contributed by atoms with E-state index in [1.54, 1.807) is 0 Å². The second-order valence-corrected chi connectivity index (χ2v) is 5.56. The maximum atomic E-state index is 10.5. The van der Waals surface area contributed by atoms with Crippen LogP contribution in [0.2, 0.25) is 0 Å². The summed E-state index contributed by atoms with van der Waals surface area (Å²) in [6.45, 7) is 3.05. The van der Waals surface area contributed by atoms with Crippen molar-refractivity contribution in [3.8, 4) is 0 Å². The first-order valence-electron chi connectivity index (χ1n) is 4.76. The first-order valence-corrected chi connectivity index (χ1v) is 6.01. The molecule has 0 aliphatic rings. The van der Waals surface area contributed by atoms with Crippen LogP contribution in [0.1, 0.15) is 12.5 Å². The fourth-order valence-corrected chi connectivity index (χ4v) is 1.39. The molecule has 3 nitrogen and oxygen atoms in total. The average Bonchev–Trinajstić information content (AvgIpc) is 2.16. The van der Waals surface area contributed by atoms with E-state index in [9.17, 15) is 4.79 Å². The number of carboxylic acids is 1. The van der Waals surface area contributed by atoms with Crippen LogP contribution in [0.3, 0.4) is 0 Å². The third-order valence-corrected chi connectivity index (χ3v) is 2.34. The highest BCUT2D eigenvalue weighted by Crippen LogP contribution is 2.11. The first-order chi connectivity index (χ1) is 7.08. The summed E-state index contributed by atoms with van der Waals surface area (Å²) < 4.78 is 0.571. The lowest BCUT2D eigenvalue weighted by molar-refractivity contribution is -0.136. The lowest BCUT2D eigenvalue weighted by atomic mass is 10.1. The van der Waals surface area contributed by atoms with Crippen LogP contribution in [-0.2, 0) is 11.2 Å². The van der Waals surface area contributed by atoms with Gasteiger partial charge in [-0.1, -0.05) is 41.6 Å². The van der Waals surface area contributed by atoms with E-state index in [-0.39, 0.29) is 6.42 Å². The molecule has 1 atom stereocenters. The van der Waals surface area contributed by atoms with Crippen molar-refractivity contribution in [3.05, 3.63) is 29.8 Å². The van der Waals surface area contributed by atoms with Gasteiger partial charge in [-0.05, 0) is 17.7 Å². The van der Waals surface area contributed by atoms with E-state index >= 15 is 0 Å². The lowest BCUT2D eigenvalue weighted by Gasteiger charge is -2.08. The number of hydrogen-bond acceptors (Lipinski definition) is 2. The van der Waals surface area contributed by atoms with Crippen molar-refractivity contribution in [3.63, 3.8) is 0 Å². The normalized spacial score (nSPS) is 12.1. The van der Waals surface area contributed by atoms with Crippen molar-refractivity contribution in [2.45, 2.75) is 17.3 Å². The molecule has 2 N–H and O–H groups in total. The van der Waals surface area contributed by atoms with Gasteiger partial charge in [-0.15, -0.1) is 0 Å². The molecular formula is C11H14INO2. The highest BCUT2D eigenvalue weighted by molar-refractivity contribution is 14.1. The minimum absolute atomic E-state index is 0.0863. The molecule has 0 aliphatic heterocycles. The number of nitrogens with one attached hydrogen (secondary N) is 1. The predicted octanol–water partition coefficient (Wildman–Crippen LogP) is 2.55. The summed E-state index contributed by atoms with van der Waals surface area (Å²) >= 11 is 2.35. The Morgan fingerprint density at radius 3 is 2.53 bits per heavy atom.